The number of aliphatic hydroxyl groups is 1. The lowest BCUT2D eigenvalue weighted by Crippen LogP contribution is -2.32. The Morgan fingerprint density at radius 3 is 2.94 bits per heavy atom. The normalized spacial score (nSPS) is 17.9. The van der Waals surface area contributed by atoms with E-state index in [1.165, 1.54) is 18.1 Å². The maximum Gasteiger partial charge on any atom is 0.414 e. The van der Waals surface area contributed by atoms with E-state index in [4.69, 9.17) is 14.2 Å². The van der Waals surface area contributed by atoms with Crippen molar-refractivity contribution < 1.29 is 33.3 Å². The number of anilines is 2. The number of aliphatic hydroxyl groups excluding tert-OH is 1. The number of rotatable bonds is 8. The van der Waals surface area contributed by atoms with Gasteiger partial charge in [-0.2, -0.15) is 0 Å². The molecule has 3 heterocycles. The van der Waals surface area contributed by atoms with Gasteiger partial charge in [0.25, 0.3) is 5.91 Å². The summed E-state index contributed by atoms with van der Waals surface area (Å²) in [6, 6.07) is 11.6. The molecular formula is C25H25FN4O6. The first kappa shape index (κ1) is 23.8. The highest BCUT2D eigenvalue weighted by atomic mass is 19.1. The number of amides is 2. The van der Waals surface area contributed by atoms with Crippen molar-refractivity contribution in [3.05, 3.63) is 53.8 Å². The third kappa shape index (κ3) is 4.88. The summed E-state index contributed by atoms with van der Waals surface area (Å²) in [5, 5.41) is 17.1. The number of ether oxygens (including phenoxy) is 3. The molecule has 1 aromatic heterocycles. The number of methoxy groups -OCH3 is 1. The Labute approximate surface area is 206 Å². The minimum atomic E-state index is -0.834. The molecule has 0 bridgehead atoms. The molecule has 1 saturated heterocycles. The molecule has 11 heteroatoms. The van der Waals surface area contributed by atoms with Crippen LogP contribution >= 0.6 is 0 Å². The maximum absolute atomic E-state index is 14.5. The van der Waals surface area contributed by atoms with E-state index in [-0.39, 0.29) is 38.6 Å². The van der Waals surface area contributed by atoms with E-state index in [9.17, 15) is 19.1 Å². The fraction of sp³-hybridized carbons (Fsp3) is 0.320. The third-order valence-corrected chi connectivity index (χ3v) is 6.09. The van der Waals surface area contributed by atoms with Crippen molar-refractivity contribution in [2.24, 2.45) is 0 Å². The van der Waals surface area contributed by atoms with Crippen LogP contribution in [0.3, 0.4) is 0 Å². The van der Waals surface area contributed by atoms with E-state index in [1.807, 2.05) is 6.07 Å². The molecule has 3 N–H and O–H groups in total. The molecule has 36 heavy (non-hydrogen) atoms. The number of pyridine rings is 1. The highest BCUT2D eigenvalue weighted by molar-refractivity contribution is 5.97. The minimum absolute atomic E-state index is 0.0516. The predicted molar refractivity (Wildman–Crippen MR) is 129 cm³/mol. The number of aromatic nitrogens is 1. The van der Waals surface area contributed by atoms with Crippen molar-refractivity contribution in [1.29, 1.82) is 0 Å². The standard InChI is InChI=1S/C25H25FN4O6/c1-34-23-7-3-14-2-5-19(26)18(24(14)29-23)11-27-10-16(31)9-17-12-30(25(33)36-17)15-4-6-21-20(8-15)28-22(32)13-35-21/h2-8,16-17,27,31H,9-13H2,1H3,(H,28,32)/t16-,17-/m0/s1. The molecular weight excluding hydrogens is 471 g/mol. The van der Waals surface area contributed by atoms with Crippen LogP contribution in [0.25, 0.3) is 10.9 Å². The molecule has 2 aliphatic heterocycles. The van der Waals surface area contributed by atoms with Crippen molar-refractivity contribution in [1.82, 2.24) is 10.3 Å². The van der Waals surface area contributed by atoms with Crippen LogP contribution < -0.4 is 25.0 Å². The van der Waals surface area contributed by atoms with Gasteiger partial charge in [0.2, 0.25) is 5.88 Å². The van der Waals surface area contributed by atoms with Crippen LogP contribution in [-0.4, -0.2) is 61.1 Å². The Morgan fingerprint density at radius 2 is 2.11 bits per heavy atom. The lowest BCUT2D eigenvalue weighted by atomic mass is 10.1. The summed E-state index contributed by atoms with van der Waals surface area (Å²) in [6.45, 7) is 0.505. The molecule has 1 fully saturated rings. The lowest BCUT2D eigenvalue weighted by Gasteiger charge is -2.21. The molecule has 0 saturated carbocycles. The topological polar surface area (TPSA) is 122 Å². The van der Waals surface area contributed by atoms with Gasteiger partial charge < -0.3 is 30.0 Å². The largest absolute Gasteiger partial charge is 0.482 e. The van der Waals surface area contributed by atoms with Crippen molar-refractivity contribution >= 4 is 34.3 Å². The average molecular weight is 496 g/mol. The zero-order valence-electron chi connectivity index (χ0n) is 19.5. The van der Waals surface area contributed by atoms with Crippen LogP contribution in [0, 0.1) is 5.82 Å². The third-order valence-electron chi connectivity index (χ3n) is 6.09. The fourth-order valence-corrected chi connectivity index (χ4v) is 4.33. The average Bonchev–Trinajstić information content (AvgIpc) is 3.24. The predicted octanol–water partition coefficient (Wildman–Crippen LogP) is 2.58. The fourth-order valence-electron chi connectivity index (χ4n) is 4.33. The van der Waals surface area contributed by atoms with Gasteiger partial charge >= 0.3 is 6.09 Å². The molecule has 5 rings (SSSR count). The quantitative estimate of drug-likeness (QED) is 0.435. The molecule has 2 aromatic carbocycles. The summed E-state index contributed by atoms with van der Waals surface area (Å²) >= 11 is 0. The van der Waals surface area contributed by atoms with E-state index < -0.39 is 24.1 Å². The van der Waals surface area contributed by atoms with Gasteiger partial charge in [0.15, 0.2) is 6.61 Å². The van der Waals surface area contributed by atoms with Gasteiger partial charge in [-0.05, 0) is 36.4 Å². The summed E-state index contributed by atoms with van der Waals surface area (Å²) in [5.74, 6) is 0.240. The van der Waals surface area contributed by atoms with E-state index in [0.717, 1.165) is 5.39 Å². The molecule has 0 aliphatic carbocycles. The number of halogens is 1. The zero-order chi connectivity index (χ0) is 25.2. The number of hydrogen-bond acceptors (Lipinski definition) is 8. The van der Waals surface area contributed by atoms with Gasteiger partial charge in [-0.3, -0.25) is 9.69 Å². The summed E-state index contributed by atoms with van der Waals surface area (Å²) in [4.78, 5) is 29.8. The Kier molecular flexibility index (Phi) is 6.57. The van der Waals surface area contributed by atoms with Gasteiger partial charge in [-0.25, -0.2) is 14.2 Å². The SMILES string of the molecule is COc1ccc2ccc(F)c(CNC[C@@H](O)C[C@H]3CN(c4ccc5c(c4)NC(=O)CO5)C(=O)O3)c2n1. The molecule has 0 spiro atoms. The number of carbonyl (C=O) groups is 2. The molecule has 2 aliphatic rings. The second-order valence-electron chi connectivity index (χ2n) is 8.61. The Morgan fingerprint density at radius 1 is 1.28 bits per heavy atom. The smallest absolute Gasteiger partial charge is 0.414 e. The second-order valence-corrected chi connectivity index (χ2v) is 8.61. The number of nitrogens with one attached hydrogen (secondary N) is 2. The molecule has 3 aromatic rings. The minimum Gasteiger partial charge on any atom is -0.482 e. The number of nitrogens with zero attached hydrogens (tertiary/aromatic N) is 2. The first-order chi connectivity index (χ1) is 17.4. The number of carbonyl (C=O) groups excluding carboxylic acids is 2. The van der Waals surface area contributed by atoms with Crippen LogP contribution in [0.5, 0.6) is 11.6 Å². The summed E-state index contributed by atoms with van der Waals surface area (Å²) < 4.78 is 30.4. The molecule has 10 nitrogen and oxygen atoms in total. The van der Waals surface area contributed by atoms with Crippen LogP contribution in [0.1, 0.15) is 12.0 Å². The number of cyclic esters (lactones) is 1. The first-order valence-electron chi connectivity index (χ1n) is 11.5. The Hall–Kier alpha value is -3.96. The summed E-state index contributed by atoms with van der Waals surface area (Å²) in [7, 11) is 1.50. The van der Waals surface area contributed by atoms with Gasteiger partial charge in [0.1, 0.15) is 17.7 Å². The van der Waals surface area contributed by atoms with Gasteiger partial charge in [-0.1, -0.05) is 0 Å². The molecule has 188 valence electrons. The van der Waals surface area contributed by atoms with Gasteiger partial charge in [0.05, 0.1) is 31.0 Å². The Bertz CT molecular complexity index is 1320. The number of fused-ring (bicyclic) bond motifs is 2. The van der Waals surface area contributed by atoms with Gasteiger partial charge in [0, 0.05) is 42.2 Å². The summed E-state index contributed by atoms with van der Waals surface area (Å²) in [5.41, 5.74) is 1.90. The molecule has 2 amide bonds. The maximum atomic E-state index is 14.5. The highest BCUT2D eigenvalue weighted by Gasteiger charge is 2.34. The van der Waals surface area contributed by atoms with Crippen LogP contribution in [-0.2, 0) is 16.1 Å². The Balaban J connectivity index is 1.17. The summed E-state index contributed by atoms with van der Waals surface area (Å²) in [6.07, 6.45) is -1.71. The molecule has 0 radical (unpaired) electrons. The van der Waals surface area contributed by atoms with Crippen LogP contribution in [0.2, 0.25) is 0 Å². The second kappa shape index (κ2) is 9.96. The van der Waals surface area contributed by atoms with E-state index in [2.05, 4.69) is 15.6 Å². The van der Waals surface area contributed by atoms with Gasteiger partial charge in [-0.15, -0.1) is 0 Å². The molecule has 0 unspecified atom stereocenters. The van der Waals surface area contributed by atoms with E-state index in [0.29, 0.717) is 34.1 Å². The van der Waals surface area contributed by atoms with Crippen molar-refractivity contribution in [3.8, 4) is 11.6 Å². The number of hydrogen-bond donors (Lipinski definition) is 3. The van der Waals surface area contributed by atoms with Crippen molar-refractivity contribution in [2.75, 3.05) is 37.0 Å². The van der Waals surface area contributed by atoms with Crippen molar-refractivity contribution in [3.63, 3.8) is 0 Å². The number of benzene rings is 2. The monoisotopic (exact) mass is 496 g/mol. The van der Waals surface area contributed by atoms with E-state index >= 15 is 0 Å². The van der Waals surface area contributed by atoms with Crippen LogP contribution in [0.4, 0.5) is 20.6 Å². The molecule has 2 atom stereocenters. The zero-order valence-corrected chi connectivity index (χ0v) is 19.5. The highest BCUT2D eigenvalue weighted by Crippen LogP contribution is 2.34. The van der Waals surface area contributed by atoms with Crippen LogP contribution in [0.15, 0.2) is 42.5 Å². The van der Waals surface area contributed by atoms with Crippen molar-refractivity contribution in [2.45, 2.75) is 25.2 Å². The lowest BCUT2D eigenvalue weighted by molar-refractivity contribution is -0.118. The van der Waals surface area contributed by atoms with E-state index in [1.54, 1.807) is 30.3 Å². The first-order valence-corrected chi connectivity index (χ1v) is 11.5.